The number of rotatable bonds is 4. The number of amides is 1. The molecule has 0 aliphatic carbocycles. The second-order valence-corrected chi connectivity index (χ2v) is 9.02. The highest BCUT2D eigenvalue weighted by atomic mass is 16.5. The van der Waals surface area contributed by atoms with Crippen molar-refractivity contribution in [1.82, 2.24) is 9.80 Å². The van der Waals surface area contributed by atoms with Crippen LogP contribution in [0.3, 0.4) is 0 Å². The molecule has 2 aliphatic rings. The second-order valence-electron chi connectivity index (χ2n) is 9.02. The minimum Gasteiger partial charge on any atom is -0.492 e. The molecule has 0 unspecified atom stereocenters. The predicted octanol–water partition coefficient (Wildman–Crippen LogP) is 4.27. The molecule has 2 heterocycles. The number of benzene rings is 2. The van der Waals surface area contributed by atoms with Crippen molar-refractivity contribution in [3.63, 3.8) is 0 Å². The van der Waals surface area contributed by atoms with Crippen LogP contribution in [0.15, 0.2) is 54.6 Å². The highest BCUT2D eigenvalue weighted by molar-refractivity contribution is 5.94. The fourth-order valence-corrected chi connectivity index (χ4v) is 4.99. The molecule has 1 amide bonds. The van der Waals surface area contributed by atoms with Gasteiger partial charge in [-0.15, -0.1) is 0 Å². The molecule has 0 radical (unpaired) electrons. The molecule has 32 heavy (non-hydrogen) atoms. The third kappa shape index (κ3) is 6.11. The molecule has 5 nitrogen and oxygen atoms in total. The standard InChI is InChI=1S/C27H36N2O3/c1-31-26-14-17-29-21-24(26)10-5-6-15-28(16-13-22-8-3-2-4-9-22)18-19-32-25-12-7-11-23(20-25)27(29)30/h2-4,7-9,11-12,20,24,26H,5-6,10,13-19,21H2,1H3/t24-,26+/m1/s1. The summed E-state index contributed by atoms with van der Waals surface area (Å²) in [5.41, 5.74) is 2.09. The average molecular weight is 437 g/mol. The molecular weight excluding hydrogens is 400 g/mol. The quantitative estimate of drug-likeness (QED) is 0.718. The number of methoxy groups -OCH3 is 1. The Labute approximate surface area is 192 Å². The normalized spacial score (nSPS) is 23.2. The number of piperidine rings is 1. The molecule has 2 aromatic carbocycles. The molecule has 0 aromatic heterocycles. The molecule has 0 saturated carbocycles. The zero-order valence-electron chi connectivity index (χ0n) is 19.2. The first-order valence-electron chi connectivity index (χ1n) is 12.0. The van der Waals surface area contributed by atoms with Gasteiger partial charge < -0.3 is 14.4 Å². The van der Waals surface area contributed by atoms with Crippen LogP contribution in [0.5, 0.6) is 5.75 Å². The molecule has 2 atom stereocenters. The maximum Gasteiger partial charge on any atom is 0.254 e. The van der Waals surface area contributed by atoms with Crippen LogP contribution in [-0.2, 0) is 11.2 Å². The van der Waals surface area contributed by atoms with Crippen molar-refractivity contribution in [1.29, 1.82) is 0 Å². The number of ether oxygens (including phenoxy) is 2. The largest absolute Gasteiger partial charge is 0.492 e. The van der Waals surface area contributed by atoms with E-state index in [-0.39, 0.29) is 12.0 Å². The van der Waals surface area contributed by atoms with Crippen molar-refractivity contribution < 1.29 is 14.3 Å². The number of fused-ring (bicyclic) bond motifs is 4. The number of carbonyl (C=O) groups is 1. The molecule has 172 valence electrons. The fourth-order valence-electron chi connectivity index (χ4n) is 4.99. The molecule has 2 aromatic rings. The molecule has 4 bridgehead atoms. The van der Waals surface area contributed by atoms with Gasteiger partial charge in [-0.2, -0.15) is 0 Å². The Morgan fingerprint density at radius 2 is 1.88 bits per heavy atom. The molecule has 2 aliphatic heterocycles. The Kier molecular flexibility index (Phi) is 8.18. The summed E-state index contributed by atoms with van der Waals surface area (Å²) in [4.78, 5) is 17.7. The summed E-state index contributed by atoms with van der Waals surface area (Å²) in [6.07, 6.45) is 5.62. The lowest BCUT2D eigenvalue weighted by Gasteiger charge is -2.38. The Bertz CT molecular complexity index is 857. The molecule has 5 heteroatoms. The number of carbonyl (C=O) groups excluding carboxylic acids is 1. The monoisotopic (exact) mass is 436 g/mol. The van der Waals surface area contributed by atoms with E-state index in [1.54, 1.807) is 0 Å². The van der Waals surface area contributed by atoms with Gasteiger partial charge in [-0.05, 0) is 56.0 Å². The Balaban J connectivity index is 1.46. The number of hydrogen-bond acceptors (Lipinski definition) is 4. The van der Waals surface area contributed by atoms with Crippen molar-refractivity contribution in [3.8, 4) is 5.75 Å². The lowest BCUT2D eigenvalue weighted by atomic mass is 9.89. The molecule has 1 saturated heterocycles. The van der Waals surface area contributed by atoms with E-state index in [2.05, 4.69) is 35.2 Å². The van der Waals surface area contributed by atoms with E-state index in [9.17, 15) is 4.79 Å². The third-order valence-electron chi connectivity index (χ3n) is 6.87. The summed E-state index contributed by atoms with van der Waals surface area (Å²) in [6.45, 7) is 5.16. The van der Waals surface area contributed by atoms with Crippen molar-refractivity contribution in [2.45, 2.75) is 38.2 Å². The SMILES string of the molecule is CO[C@H]1CCN2C[C@H]1CCCCN(CCc1ccccc1)CCOc1cccc(c1)C2=O. The van der Waals surface area contributed by atoms with E-state index in [0.717, 1.165) is 70.6 Å². The Morgan fingerprint density at radius 3 is 2.72 bits per heavy atom. The van der Waals surface area contributed by atoms with Gasteiger partial charge in [-0.3, -0.25) is 9.69 Å². The van der Waals surface area contributed by atoms with Gasteiger partial charge in [0, 0.05) is 44.8 Å². The number of nitrogens with zero attached hydrogens (tertiary/aromatic N) is 2. The predicted molar refractivity (Wildman–Crippen MR) is 127 cm³/mol. The third-order valence-corrected chi connectivity index (χ3v) is 6.87. The summed E-state index contributed by atoms with van der Waals surface area (Å²) in [5, 5.41) is 0. The lowest BCUT2D eigenvalue weighted by Crippen LogP contribution is -2.46. The number of hydrogen-bond donors (Lipinski definition) is 0. The van der Waals surface area contributed by atoms with E-state index in [1.165, 1.54) is 5.56 Å². The van der Waals surface area contributed by atoms with Crippen LogP contribution in [-0.4, -0.2) is 68.3 Å². The highest BCUT2D eigenvalue weighted by Crippen LogP contribution is 2.26. The van der Waals surface area contributed by atoms with E-state index in [4.69, 9.17) is 9.47 Å². The van der Waals surface area contributed by atoms with Gasteiger partial charge in [0.2, 0.25) is 0 Å². The van der Waals surface area contributed by atoms with E-state index in [0.29, 0.717) is 18.1 Å². The summed E-state index contributed by atoms with van der Waals surface area (Å²) in [7, 11) is 1.81. The van der Waals surface area contributed by atoms with Crippen LogP contribution in [0.25, 0.3) is 0 Å². The molecule has 0 spiro atoms. The lowest BCUT2D eigenvalue weighted by molar-refractivity contribution is -0.00675. The Morgan fingerprint density at radius 1 is 1.00 bits per heavy atom. The zero-order valence-corrected chi connectivity index (χ0v) is 19.2. The van der Waals surface area contributed by atoms with E-state index < -0.39 is 0 Å². The topological polar surface area (TPSA) is 42.0 Å². The van der Waals surface area contributed by atoms with Crippen LogP contribution < -0.4 is 4.74 Å². The zero-order chi connectivity index (χ0) is 22.2. The smallest absolute Gasteiger partial charge is 0.254 e. The first kappa shape index (κ1) is 22.8. The van der Waals surface area contributed by atoms with E-state index >= 15 is 0 Å². The van der Waals surface area contributed by atoms with Crippen LogP contribution in [0.4, 0.5) is 0 Å². The summed E-state index contributed by atoms with van der Waals surface area (Å²) in [5.74, 6) is 1.28. The van der Waals surface area contributed by atoms with Crippen molar-refractivity contribution in [2.75, 3.05) is 46.4 Å². The highest BCUT2D eigenvalue weighted by Gasteiger charge is 2.31. The van der Waals surface area contributed by atoms with Gasteiger partial charge in [0.15, 0.2) is 0 Å². The van der Waals surface area contributed by atoms with Gasteiger partial charge in [0.25, 0.3) is 5.91 Å². The van der Waals surface area contributed by atoms with Crippen molar-refractivity contribution >= 4 is 5.91 Å². The molecule has 1 fully saturated rings. The van der Waals surface area contributed by atoms with Crippen LogP contribution in [0.1, 0.15) is 41.6 Å². The minimum atomic E-state index is 0.106. The first-order chi connectivity index (χ1) is 15.7. The van der Waals surface area contributed by atoms with Crippen LogP contribution >= 0.6 is 0 Å². The minimum absolute atomic E-state index is 0.106. The molecule has 4 rings (SSSR count). The van der Waals surface area contributed by atoms with Gasteiger partial charge in [-0.25, -0.2) is 0 Å². The average Bonchev–Trinajstić information content (AvgIpc) is 2.84. The second kappa shape index (κ2) is 11.5. The Hall–Kier alpha value is -2.37. The fraction of sp³-hybridized carbons (Fsp3) is 0.519. The van der Waals surface area contributed by atoms with Gasteiger partial charge in [0.05, 0.1) is 6.10 Å². The van der Waals surface area contributed by atoms with E-state index in [1.807, 2.05) is 36.3 Å². The summed E-state index contributed by atoms with van der Waals surface area (Å²) >= 11 is 0. The van der Waals surface area contributed by atoms with Crippen molar-refractivity contribution in [3.05, 3.63) is 65.7 Å². The van der Waals surface area contributed by atoms with Gasteiger partial charge in [-0.1, -0.05) is 42.8 Å². The summed E-state index contributed by atoms with van der Waals surface area (Å²) in [6, 6.07) is 18.4. The van der Waals surface area contributed by atoms with Gasteiger partial charge in [0.1, 0.15) is 12.4 Å². The molecule has 0 N–H and O–H groups in total. The maximum atomic E-state index is 13.1. The molecular formula is C27H36N2O3. The van der Waals surface area contributed by atoms with Crippen LogP contribution in [0, 0.1) is 5.92 Å². The first-order valence-corrected chi connectivity index (χ1v) is 12.0. The van der Waals surface area contributed by atoms with Gasteiger partial charge >= 0.3 is 0 Å². The maximum absolute atomic E-state index is 13.1. The van der Waals surface area contributed by atoms with Crippen LogP contribution in [0.2, 0.25) is 0 Å². The van der Waals surface area contributed by atoms with Crippen molar-refractivity contribution in [2.24, 2.45) is 5.92 Å². The summed E-state index contributed by atoms with van der Waals surface area (Å²) < 4.78 is 11.8.